The van der Waals surface area contributed by atoms with Crippen LogP contribution in [0.4, 0.5) is 5.69 Å². The molecule has 0 saturated carbocycles. The fraction of sp³-hybridized carbons (Fsp3) is 0.148. The van der Waals surface area contributed by atoms with Crippen LogP contribution in [0.15, 0.2) is 78.4 Å². The van der Waals surface area contributed by atoms with Crippen LogP contribution in [-0.4, -0.2) is 41.6 Å². The third-order valence-electron chi connectivity index (χ3n) is 5.65. The Labute approximate surface area is 201 Å². The number of esters is 1. The lowest BCUT2D eigenvalue weighted by molar-refractivity contribution is -0.132. The smallest absolute Gasteiger partial charge is 0.338 e. The molecule has 1 aliphatic rings. The third kappa shape index (κ3) is 4.33. The molecule has 0 spiro atoms. The number of benzene rings is 3. The van der Waals surface area contributed by atoms with Crippen LogP contribution in [0.3, 0.4) is 0 Å². The molecule has 35 heavy (non-hydrogen) atoms. The first-order valence-electron chi connectivity index (χ1n) is 10.9. The molecule has 0 radical (unpaired) electrons. The summed E-state index contributed by atoms with van der Waals surface area (Å²) in [4.78, 5) is 40.1. The lowest BCUT2D eigenvalue weighted by Gasteiger charge is -2.26. The molecule has 1 fully saturated rings. The number of anilines is 1. The Bertz CT molecular complexity index is 1330. The minimum Gasteiger partial charge on any atom is -0.508 e. The summed E-state index contributed by atoms with van der Waals surface area (Å²) in [6, 6.07) is 17.7. The van der Waals surface area contributed by atoms with Crippen molar-refractivity contribution in [3.8, 4) is 11.5 Å². The predicted molar refractivity (Wildman–Crippen MR) is 128 cm³/mol. The number of amides is 1. The number of aromatic hydroxyl groups is 1. The number of para-hydroxylation sites is 1. The van der Waals surface area contributed by atoms with Gasteiger partial charge in [-0.2, -0.15) is 0 Å². The summed E-state index contributed by atoms with van der Waals surface area (Å²) in [6.07, 6.45) is 0. The molecule has 3 aromatic carbocycles. The molecule has 0 aromatic heterocycles. The molecule has 4 rings (SSSR count). The summed E-state index contributed by atoms with van der Waals surface area (Å²) < 4.78 is 10.4. The fourth-order valence-corrected chi connectivity index (χ4v) is 4.05. The Kier molecular flexibility index (Phi) is 6.55. The van der Waals surface area contributed by atoms with Gasteiger partial charge in [0.25, 0.3) is 11.7 Å². The fourth-order valence-electron chi connectivity index (χ4n) is 4.05. The predicted octanol–water partition coefficient (Wildman–Crippen LogP) is 4.20. The van der Waals surface area contributed by atoms with Gasteiger partial charge in [-0.05, 0) is 55.0 Å². The van der Waals surface area contributed by atoms with E-state index >= 15 is 0 Å². The number of phenolic OH excluding ortho intramolecular Hbond substituents is 1. The molecule has 3 aromatic rings. The van der Waals surface area contributed by atoms with E-state index in [0.717, 1.165) is 0 Å². The van der Waals surface area contributed by atoms with Crippen LogP contribution in [0.5, 0.6) is 11.5 Å². The number of carbonyl (C=O) groups is 3. The highest BCUT2D eigenvalue weighted by molar-refractivity contribution is 6.51. The summed E-state index contributed by atoms with van der Waals surface area (Å²) in [5.74, 6) is -2.41. The van der Waals surface area contributed by atoms with Crippen molar-refractivity contribution in [3.63, 3.8) is 0 Å². The standard InChI is InChI=1S/C27H23NO7/c1-3-35-27(33)17-7-6-8-18(15-17)28-23(16-11-13-19(29)14-12-16)22(25(31)26(28)32)24(30)20-9-4-5-10-21(20)34-2/h4-15,23,29-30H,3H2,1-2H3/b24-22+. The van der Waals surface area contributed by atoms with Gasteiger partial charge >= 0.3 is 5.97 Å². The van der Waals surface area contributed by atoms with E-state index in [0.29, 0.717) is 11.3 Å². The minimum absolute atomic E-state index is 0.000242. The monoisotopic (exact) mass is 473 g/mol. The third-order valence-corrected chi connectivity index (χ3v) is 5.65. The van der Waals surface area contributed by atoms with Gasteiger partial charge in [0.15, 0.2) is 0 Å². The van der Waals surface area contributed by atoms with Gasteiger partial charge in [0.05, 0.1) is 36.5 Å². The molecule has 8 nitrogen and oxygen atoms in total. The van der Waals surface area contributed by atoms with Crippen molar-refractivity contribution in [2.24, 2.45) is 0 Å². The van der Waals surface area contributed by atoms with E-state index in [1.807, 2.05) is 0 Å². The number of ether oxygens (including phenoxy) is 2. The van der Waals surface area contributed by atoms with Crippen LogP contribution in [0.1, 0.15) is 34.5 Å². The van der Waals surface area contributed by atoms with E-state index in [9.17, 15) is 24.6 Å². The van der Waals surface area contributed by atoms with Crippen molar-refractivity contribution >= 4 is 29.1 Å². The van der Waals surface area contributed by atoms with Crippen LogP contribution in [0.25, 0.3) is 5.76 Å². The van der Waals surface area contributed by atoms with Gasteiger partial charge < -0.3 is 19.7 Å². The normalized spacial score (nSPS) is 16.9. The number of aliphatic hydroxyl groups excluding tert-OH is 1. The summed E-state index contributed by atoms with van der Waals surface area (Å²) in [5, 5.41) is 21.0. The first kappa shape index (κ1) is 23.6. The van der Waals surface area contributed by atoms with E-state index in [4.69, 9.17) is 9.47 Å². The van der Waals surface area contributed by atoms with Crippen LogP contribution >= 0.6 is 0 Å². The van der Waals surface area contributed by atoms with Crippen molar-refractivity contribution in [1.82, 2.24) is 0 Å². The molecule has 1 saturated heterocycles. The number of Topliss-reactive ketones (excluding diaryl/α,β-unsaturated/α-hetero) is 1. The van der Waals surface area contributed by atoms with Crippen LogP contribution in [0, 0.1) is 0 Å². The number of ketones is 1. The largest absolute Gasteiger partial charge is 0.508 e. The summed E-state index contributed by atoms with van der Waals surface area (Å²) in [5.41, 5.74) is 1.05. The van der Waals surface area contributed by atoms with Crippen molar-refractivity contribution < 1.29 is 34.1 Å². The average Bonchev–Trinajstić information content (AvgIpc) is 3.14. The maximum absolute atomic E-state index is 13.3. The average molecular weight is 473 g/mol. The number of hydrogen-bond donors (Lipinski definition) is 2. The lowest BCUT2D eigenvalue weighted by Crippen LogP contribution is -2.29. The topological polar surface area (TPSA) is 113 Å². The Morgan fingerprint density at radius 3 is 2.40 bits per heavy atom. The summed E-state index contributed by atoms with van der Waals surface area (Å²) in [6.45, 7) is 1.86. The first-order chi connectivity index (χ1) is 16.9. The molecule has 1 atom stereocenters. The van der Waals surface area contributed by atoms with E-state index in [2.05, 4.69) is 0 Å². The number of aliphatic hydroxyl groups is 1. The Balaban J connectivity index is 1.93. The van der Waals surface area contributed by atoms with Crippen molar-refractivity contribution in [2.45, 2.75) is 13.0 Å². The second-order valence-corrected chi connectivity index (χ2v) is 7.73. The summed E-state index contributed by atoms with van der Waals surface area (Å²) in [7, 11) is 1.43. The van der Waals surface area contributed by atoms with Crippen molar-refractivity contribution in [3.05, 3.63) is 95.1 Å². The van der Waals surface area contributed by atoms with Crippen LogP contribution in [-0.2, 0) is 14.3 Å². The molecule has 1 heterocycles. The highest BCUT2D eigenvalue weighted by atomic mass is 16.5. The zero-order chi connectivity index (χ0) is 25.1. The van der Waals surface area contributed by atoms with Crippen molar-refractivity contribution in [2.75, 3.05) is 18.6 Å². The number of rotatable bonds is 6. The molecule has 178 valence electrons. The van der Waals surface area contributed by atoms with Gasteiger partial charge in [-0.1, -0.05) is 30.3 Å². The molecule has 1 unspecified atom stereocenters. The van der Waals surface area contributed by atoms with Gasteiger partial charge in [-0.3, -0.25) is 14.5 Å². The number of methoxy groups -OCH3 is 1. The molecular formula is C27H23NO7. The van der Waals surface area contributed by atoms with Gasteiger partial charge in [0.1, 0.15) is 17.3 Å². The Morgan fingerprint density at radius 1 is 1.00 bits per heavy atom. The molecule has 1 aliphatic heterocycles. The van der Waals surface area contributed by atoms with Gasteiger partial charge in [0.2, 0.25) is 0 Å². The van der Waals surface area contributed by atoms with Gasteiger partial charge in [0, 0.05) is 5.69 Å². The number of nitrogens with zero attached hydrogens (tertiary/aromatic N) is 1. The first-order valence-corrected chi connectivity index (χ1v) is 10.9. The van der Waals surface area contributed by atoms with E-state index in [1.54, 1.807) is 61.5 Å². The molecular weight excluding hydrogens is 450 g/mol. The molecule has 8 heteroatoms. The highest BCUT2D eigenvalue weighted by Crippen LogP contribution is 2.43. The maximum atomic E-state index is 13.3. The molecule has 0 aliphatic carbocycles. The number of phenols is 1. The zero-order valence-electron chi connectivity index (χ0n) is 19.1. The highest BCUT2D eigenvalue weighted by Gasteiger charge is 2.47. The number of hydrogen-bond acceptors (Lipinski definition) is 7. The van der Waals surface area contributed by atoms with E-state index < -0.39 is 29.5 Å². The quantitative estimate of drug-likeness (QED) is 0.239. The molecule has 1 amide bonds. The Morgan fingerprint density at radius 2 is 1.71 bits per heavy atom. The Hall–Kier alpha value is -4.59. The second-order valence-electron chi connectivity index (χ2n) is 7.73. The van der Waals surface area contributed by atoms with Crippen LogP contribution in [0.2, 0.25) is 0 Å². The number of carbonyl (C=O) groups excluding carboxylic acids is 3. The van der Waals surface area contributed by atoms with Gasteiger partial charge in [-0.15, -0.1) is 0 Å². The van der Waals surface area contributed by atoms with E-state index in [-0.39, 0.29) is 34.7 Å². The SMILES string of the molecule is CCOC(=O)c1cccc(N2C(=O)C(=O)/C(=C(/O)c3ccccc3OC)C2c2ccc(O)cc2)c1. The maximum Gasteiger partial charge on any atom is 0.338 e. The van der Waals surface area contributed by atoms with Crippen molar-refractivity contribution in [1.29, 1.82) is 0 Å². The molecule has 0 bridgehead atoms. The zero-order valence-corrected chi connectivity index (χ0v) is 19.1. The molecule has 2 N–H and O–H groups in total. The van der Waals surface area contributed by atoms with Crippen LogP contribution < -0.4 is 9.64 Å². The lowest BCUT2D eigenvalue weighted by atomic mass is 9.94. The van der Waals surface area contributed by atoms with Gasteiger partial charge in [-0.25, -0.2) is 4.79 Å². The summed E-state index contributed by atoms with van der Waals surface area (Å²) >= 11 is 0. The van der Waals surface area contributed by atoms with E-state index in [1.165, 1.54) is 30.2 Å². The minimum atomic E-state index is -1.03. The second kappa shape index (κ2) is 9.72.